The molecule has 0 bridgehead atoms. The van der Waals surface area contributed by atoms with Gasteiger partial charge in [0, 0.05) is 11.6 Å². The minimum Gasteiger partial charge on any atom is -0.481 e. The predicted molar refractivity (Wildman–Crippen MR) is 106 cm³/mol. The van der Waals surface area contributed by atoms with E-state index in [1.54, 1.807) is 0 Å². The lowest BCUT2D eigenvalue weighted by atomic mass is 9.74. The maximum atomic E-state index is 13.3. The molecule has 0 aromatic carbocycles. The number of aryl methyl sites for hydroxylation is 1. The largest absolute Gasteiger partial charge is 0.481 e. The van der Waals surface area contributed by atoms with Crippen LogP contribution in [0.2, 0.25) is 0 Å². The highest BCUT2D eigenvalue weighted by Gasteiger charge is 2.41. The van der Waals surface area contributed by atoms with Gasteiger partial charge in [0.25, 0.3) is 5.91 Å². The van der Waals surface area contributed by atoms with Crippen molar-refractivity contribution in [3.8, 4) is 0 Å². The number of nitrogens with one attached hydrogen (secondary N) is 1. The summed E-state index contributed by atoms with van der Waals surface area (Å²) in [6, 6.07) is 1.89. The molecule has 0 spiro atoms. The summed E-state index contributed by atoms with van der Waals surface area (Å²) in [5.74, 6) is -0.696. The molecule has 2 fully saturated rings. The van der Waals surface area contributed by atoms with E-state index in [9.17, 15) is 14.7 Å². The van der Waals surface area contributed by atoms with Gasteiger partial charge in [0.15, 0.2) is 5.65 Å². The standard InChI is InChI=1S/C21H28N4O3/c1-12-17-14(19(28)23-21(8-5-9-21)11-16(26)27)10-15(13-6-7-13)22-18(17)25(24-12)20(2,3)4/h10,13H,5-9,11H2,1-4H3,(H,23,28)(H,26,27). The van der Waals surface area contributed by atoms with E-state index in [-0.39, 0.29) is 17.9 Å². The van der Waals surface area contributed by atoms with Crippen molar-refractivity contribution in [2.75, 3.05) is 0 Å². The zero-order valence-corrected chi connectivity index (χ0v) is 17.0. The number of carbonyl (C=O) groups is 2. The molecule has 7 nitrogen and oxygen atoms in total. The van der Waals surface area contributed by atoms with Crippen molar-refractivity contribution in [1.82, 2.24) is 20.1 Å². The molecule has 2 aliphatic rings. The number of rotatable bonds is 5. The number of carboxylic acids is 1. The van der Waals surface area contributed by atoms with Crippen molar-refractivity contribution in [3.05, 3.63) is 23.0 Å². The Labute approximate surface area is 164 Å². The molecule has 0 aliphatic heterocycles. The van der Waals surface area contributed by atoms with Gasteiger partial charge < -0.3 is 10.4 Å². The van der Waals surface area contributed by atoms with E-state index in [0.717, 1.165) is 41.7 Å². The molecule has 2 N–H and O–H groups in total. The quantitative estimate of drug-likeness (QED) is 0.822. The summed E-state index contributed by atoms with van der Waals surface area (Å²) in [7, 11) is 0. The van der Waals surface area contributed by atoms with Crippen molar-refractivity contribution in [2.45, 2.75) is 83.2 Å². The van der Waals surface area contributed by atoms with Crippen LogP contribution in [0.4, 0.5) is 0 Å². The van der Waals surface area contributed by atoms with E-state index >= 15 is 0 Å². The molecule has 2 heterocycles. The van der Waals surface area contributed by atoms with Gasteiger partial charge in [-0.2, -0.15) is 5.10 Å². The fourth-order valence-electron chi connectivity index (χ4n) is 4.09. The van der Waals surface area contributed by atoms with Gasteiger partial charge in [-0.15, -0.1) is 0 Å². The molecule has 2 aliphatic carbocycles. The van der Waals surface area contributed by atoms with Crippen LogP contribution in [0.1, 0.15) is 87.0 Å². The first kappa shape index (κ1) is 18.9. The number of hydrogen-bond acceptors (Lipinski definition) is 4. The van der Waals surface area contributed by atoms with Crippen molar-refractivity contribution < 1.29 is 14.7 Å². The number of amides is 1. The second-order valence-corrected chi connectivity index (χ2v) is 9.39. The topological polar surface area (TPSA) is 97.1 Å². The predicted octanol–water partition coefficient (Wildman–Crippen LogP) is 3.50. The summed E-state index contributed by atoms with van der Waals surface area (Å²) in [5.41, 5.74) is 2.12. The van der Waals surface area contributed by atoms with E-state index in [4.69, 9.17) is 4.98 Å². The number of carboxylic acid groups (broad SMARTS) is 1. The Morgan fingerprint density at radius 3 is 2.50 bits per heavy atom. The molecule has 28 heavy (non-hydrogen) atoms. The zero-order valence-electron chi connectivity index (χ0n) is 17.0. The highest BCUT2D eigenvalue weighted by atomic mass is 16.4. The Bertz CT molecular complexity index is 962. The Kier molecular flexibility index (Phi) is 4.25. The monoisotopic (exact) mass is 384 g/mol. The van der Waals surface area contributed by atoms with Crippen LogP contribution in [0, 0.1) is 6.92 Å². The third-order valence-corrected chi connectivity index (χ3v) is 5.89. The van der Waals surface area contributed by atoms with Crippen LogP contribution in [-0.4, -0.2) is 37.3 Å². The second-order valence-electron chi connectivity index (χ2n) is 9.39. The summed E-state index contributed by atoms with van der Waals surface area (Å²) >= 11 is 0. The van der Waals surface area contributed by atoms with Crippen LogP contribution in [0.3, 0.4) is 0 Å². The minimum atomic E-state index is -0.879. The Morgan fingerprint density at radius 1 is 1.32 bits per heavy atom. The number of aliphatic carboxylic acids is 1. The van der Waals surface area contributed by atoms with Gasteiger partial charge in [-0.1, -0.05) is 0 Å². The van der Waals surface area contributed by atoms with Crippen LogP contribution in [-0.2, 0) is 10.3 Å². The average molecular weight is 384 g/mol. The van der Waals surface area contributed by atoms with Crippen molar-refractivity contribution in [2.24, 2.45) is 0 Å². The fourth-order valence-corrected chi connectivity index (χ4v) is 4.09. The first-order valence-corrected chi connectivity index (χ1v) is 10.0. The van der Waals surface area contributed by atoms with E-state index in [2.05, 4.69) is 31.2 Å². The third kappa shape index (κ3) is 3.27. The number of hydrogen-bond donors (Lipinski definition) is 2. The normalized spacial score (nSPS) is 18.7. The van der Waals surface area contributed by atoms with Gasteiger partial charge >= 0.3 is 5.97 Å². The lowest BCUT2D eigenvalue weighted by Crippen LogP contribution is -2.54. The number of pyridine rings is 1. The molecule has 4 rings (SSSR count). The van der Waals surface area contributed by atoms with E-state index in [0.29, 0.717) is 24.3 Å². The van der Waals surface area contributed by atoms with Crippen molar-refractivity contribution >= 4 is 22.9 Å². The highest BCUT2D eigenvalue weighted by molar-refractivity contribution is 6.07. The summed E-state index contributed by atoms with van der Waals surface area (Å²) in [4.78, 5) is 29.4. The maximum Gasteiger partial charge on any atom is 0.305 e. The molecular formula is C21H28N4O3. The van der Waals surface area contributed by atoms with Gasteiger partial charge in [-0.3, -0.25) is 9.59 Å². The molecule has 7 heteroatoms. The van der Waals surface area contributed by atoms with Crippen LogP contribution in [0.25, 0.3) is 11.0 Å². The zero-order chi connectivity index (χ0) is 20.3. The van der Waals surface area contributed by atoms with Gasteiger partial charge in [-0.05, 0) is 65.9 Å². The van der Waals surface area contributed by atoms with Gasteiger partial charge in [0.05, 0.1) is 34.1 Å². The van der Waals surface area contributed by atoms with Crippen LogP contribution in [0.5, 0.6) is 0 Å². The van der Waals surface area contributed by atoms with Crippen LogP contribution >= 0.6 is 0 Å². The van der Waals surface area contributed by atoms with Crippen molar-refractivity contribution in [1.29, 1.82) is 0 Å². The average Bonchev–Trinajstić information content (AvgIpc) is 3.35. The molecule has 150 valence electrons. The van der Waals surface area contributed by atoms with E-state index < -0.39 is 11.5 Å². The summed E-state index contributed by atoms with van der Waals surface area (Å²) in [6.45, 7) is 8.11. The third-order valence-electron chi connectivity index (χ3n) is 5.89. The smallest absolute Gasteiger partial charge is 0.305 e. The number of aromatic nitrogens is 3. The lowest BCUT2D eigenvalue weighted by Gasteiger charge is -2.41. The van der Waals surface area contributed by atoms with Gasteiger partial charge in [0.2, 0.25) is 0 Å². The molecule has 0 saturated heterocycles. The molecule has 0 atom stereocenters. The second kappa shape index (κ2) is 6.29. The molecule has 2 aromatic rings. The molecule has 2 saturated carbocycles. The minimum absolute atomic E-state index is 0.0390. The fraction of sp³-hybridized carbons (Fsp3) is 0.619. The highest BCUT2D eigenvalue weighted by Crippen LogP contribution is 2.41. The summed E-state index contributed by atoms with van der Waals surface area (Å²) in [5, 5.41) is 17.8. The first-order chi connectivity index (χ1) is 13.1. The summed E-state index contributed by atoms with van der Waals surface area (Å²) < 4.78 is 1.90. The molecule has 2 aromatic heterocycles. The number of fused-ring (bicyclic) bond motifs is 1. The van der Waals surface area contributed by atoms with Gasteiger partial charge in [0.1, 0.15) is 0 Å². The number of carbonyl (C=O) groups excluding carboxylic acids is 1. The first-order valence-electron chi connectivity index (χ1n) is 10.0. The molecule has 0 unspecified atom stereocenters. The van der Waals surface area contributed by atoms with Crippen LogP contribution < -0.4 is 5.32 Å². The van der Waals surface area contributed by atoms with Gasteiger partial charge in [-0.25, -0.2) is 9.67 Å². The molecular weight excluding hydrogens is 356 g/mol. The Hall–Kier alpha value is -2.44. The van der Waals surface area contributed by atoms with E-state index in [1.165, 1.54) is 0 Å². The lowest BCUT2D eigenvalue weighted by molar-refractivity contribution is -0.139. The Balaban J connectivity index is 1.80. The van der Waals surface area contributed by atoms with Crippen molar-refractivity contribution in [3.63, 3.8) is 0 Å². The van der Waals surface area contributed by atoms with Crippen LogP contribution in [0.15, 0.2) is 6.07 Å². The van der Waals surface area contributed by atoms with E-state index in [1.807, 2.05) is 17.7 Å². The number of nitrogens with zero attached hydrogens (tertiary/aromatic N) is 3. The Morgan fingerprint density at radius 2 is 2.00 bits per heavy atom. The molecule has 0 radical (unpaired) electrons. The summed E-state index contributed by atoms with van der Waals surface area (Å²) in [6.07, 6.45) is 4.48. The maximum absolute atomic E-state index is 13.3. The SMILES string of the molecule is Cc1nn(C(C)(C)C)c2nc(C3CC3)cc(C(=O)NC3(CC(=O)O)CCC3)c12. The molecule has 1 amide bonds.